The summed E-state index contributed by atoms with van der Waals surface area (Å²) in [7, 11) is 0. The summed E-state index contributed by atoms with van der Waals surface area (Å²) in [5.74, 6) is 0.710. The van der Waals surface area contributed by atoms with Crippen LogP contribution < -0.4 is 10.2 Å². The van der Waals surface area contributed by atoms with Crippen LogP contribution in [0.3, 0.4) is 0 Å². The van der Waals surface area contributed by atoms with E-state index in [-0.39, 0.29) is 11.2 Å². The van der Waals surface area contributed by atoms with Gasteiger partial charge in [-0.25, -0.2) is 5.43 Å². The fourth-order valence-corrected chi connectivity index (χ4v) is 2.99. The molecule has 1 N–H and O–H groups in total. The first kappa shape index (κ1) is 19.1. The summed E-state index contributed by atoms with van der Waals surface area (Å²) in [6.07, 6.45) is 0. The first-order chi connectivity index (χ1) is 12.0. The molecule has 2 aromatic rings. The van der Waals surface area contributed by atoms with E-state index in [2.05, 4.69) is 10.5 Å². The van der Waals surface area contributed by atoms with Gasteiger partial charge >= 0.3 is 0 Å². The SMILES string of the molecule is CCOc1ccc(/C(C)=N\NC(=O)[C@H](C)Sc2ccc(C)cc2)cc1. The van der Waals surface area contributed by atoms with Gasteiger partial charge in [-0.15, -0.1) is 11.8 Å². The molecule has 0 bridgehead atoms. The molecule has 2 aromatic carbocycles. The summed E-state index contributed by atoms with van der Waals surface area (Å²) in [5.41, 5.74) is 5.56. The maximum absolute atomic E-state index is 12.2. The molecule has 0 aromatic heterocycles. The van der Waals surface area contributed by atoms with Crippen LogP contribution in [0, 0.1) is 6.92 Å². The third-order valence-corrected chi connectivity index (χ3v) is 4.73. The highest BCUT2D eigenvalue weighted by molar-refractivity contribution is 8.00. The molecule has 0 aliphatic rings. The van der Waals surface area contributed by atoms with Crippen molar-refractivity contribution in [2.75, 3.05) is 6.61 Å². The predicted molar refractivity (Wildman–Crippen MR) is 104 cm³/mol. The molecule has 5 heteroatoms. The number of carbonyl (C=O) groups is 1. The van der Waals surface area contributed by atoms with Gasteiger partial charge in [0.25, 0.3) is 5.91 Å². The van der Waals surface area contributed by atoms with E-state index < -0.39 is 0 Å². The molecule has 132 valence electrons. The molecule has 2 rings (SSSR count). The maximum atomic E-state index is 12.2. The van der Waals surface area contributed by atoms with Crippen LogP contribution in [-0.4, -0.2) is 23.5 Å². The van der Waals surface area contributed by atoms with E-state index in [1.54, 1.807) is 0 Å². The molecule has 1 amide bonds. The van der Waals surface area contributed by atoms with E-state index in [0.29, 0.717) is 6.61 Å². The fourth-order valence-electron chi connectivity index (χ4n) is 2.13. The second kappa shape index (κ2) is 9.28. The molecular formula is C20H24N2O2S. The third-order valence-electron chi connectivity index (χ3n) is 3.62. The number of nitrogens with zero attached hydrogens (tertiary/aromatic N) is 1. The largest absolute Gasteiger partial charge is 0.494 e. The molecular weight excluding hydrogens is 332 g/mol. The minimum atomic E-state index is -0.223. The average Bonchev–Trinajstić information content (AvgIpc) is 2.62. The second-order valence-electron chi connectivity index (χ2n) is 5.70. The minimum absolute atomic E-state index is 0.115. The highest BCUT2D eigenvalue weighted by atomic mass is 32.2. The summed E-state index contributed by atoms with van der Waals surface area (Å²) < 4.78 is 5.42. The summed E-state index contributed by atoms with van der Waals surface area (Å²) in [4.78, 5) is 13.3. The number of rotatable bonds is 7. The summed E-state index contributed by atoms with van der Waals surface area (Å²) in [6.45, 7) is 8.38. The Labute approximate surface area is 153 Å². The van der Waals surface area contributed by atoms with Crippen molar-refractivity contribution in [3.63, 3.8) is 0 Å². The van der Waals surface area contributed by atoms with Crippen molar-refractivity contribution >= 4 is 23.4 Å². The number of hydrogen-bond acceptors (Lipinski definition) is 4. The van der Waals surface area contributed by atoms with Crippen LogP contribution >= 0.6 is 11.8 Å². The van der Waals surface area contributed by atoms with Crippen LogP contribution in [0.25, 0.3) is 0 Å². The first-order valence-corrected chi connectivity index (χ1v) is 9.18. The molecule has 1 atom stereocenters. The van der Waals surface area contributed by atoms with Gasteiger partial charge in [-0.3, -0.25) is 4.79 Å². The van der Waals surface area contributed by atoms with Gasteiger partial charge in [-0.05, 0) is 69.7 Å². The first-order valence-electron chi connectivity index (χ1n) is 8.30. The van der Waals surface area contributed by atoms with Gasteiger partial charge < -0.3 is 4.74 Å². The number of hydrazone groups is 1. The van der Waals surface area contributed by atoms with Crippen molar-refractivity contribution in [2.45, 2.75) is 37.8 Å². The lowest BCUT2D eigenvalue weighted by Crippen LogP contribution is -2.27. The Balaban J connectivity index is 1.92. The standard InChI is InChI=1S/C20H24N2O2S/c1-5-24-18-10-8-17(9-11-18)15(3)21-22-20(23)16(4)25-19-12-6-14(2)7-13-19/h6-13,16H,5H2,1-4H3,(H,22,23)/b21-15-/t16-/m0/s1. The molecule has 25 heavy (non-hydrogen) atoms. The van der Waals surface area contributed by atoms with E-state index in [9.17, 15) is 4.79 Å². The maximum Gasteiger partial charge on any atom is 0.253 e. The lowest BCUT2D eigenvalue weighted by Gasteiger charge is -2.10. The molecule has 0 fully saturated rings. The molecule has 0 unspecified atom stereocenters. The number of aryl methyl sites for hydroxylation is 1. The van der Waals surface area contributed by atoms with Crippen LogP contribution in [0.15, 0.2) is 58.5 Å². The van der Waals surface area contributed by atoms with Crippen molar-refractivity contribution in [3.05, 3.63) is 59.7 Å². The predicted octanol–water partition coefficient (Wildman–Crippen LogP) is 4.41. The summed E-state index contributed by atoms with van der Waals surface area (Å²) in [6, 6.07) is 15.8. The molecule has 0 aliphatic carbocycles. The zero-order valence-corrected chi connectivity index (χ0v) is 15.9. The van der Waals surface area contributed by atoms with Crippen molar-refractivity contribution in [1.82, 2.24) is 5.43 Å². The number of carbonyl (C=O) groups excluding carboxylic acids is 1. The van der Waals surface area contributed by atoms with Crippen molar-refractivity contribution in [1.29, 1.82) is 0 Å². The number of benzene rings is 2. The third kappa shape index (κ3) is 5.94. The van der Waals surface area contributed by atoms with E-state index in [1.165, 1.54) is 17.3 Å². The number of hydrogen-bond donors (Lipinski definition) is 1. The van der Waals surface area contributed by atoms with Crippen LogP contribution in [0.5, 0.6) is 5.75 Å². The molecule has 0 radical (unpaired) electrons. The molecule has 0 spiro atoms. The zero-order valence-electron chi connectivity index (χ0n) is 15.1. The van der Waals surface area contributed by atoms with Crippen molar-refractivity contribution in [3.8, 4) is 5.75 Å². The van der Waals surface area contributed by atoms with Crippen LogP contribution in [0.1, 0.15) is 31.9 Å². The Bertz CT molecular complexity index is 724. The molecule has 0 aliphatic heterocycles. The molecule has 0 saturated heterocycles. The highest BCUT2D eigenvalue weighted by Gasteiger charge is 2.14. The van der Waals surface area contributed by atoms with Gasteiger partial charge in [0.05, 0.1) is 17.6 Å². The number of thioether (sulfide) groups is 1. The number of ether oxygens (including phenoxy) is 1. The van der Waals surface area contributed by atoms with Gasteiger partial charge in [0.1, 0.15) is 5.75 Å². The lowest BCUT2D eigenvalue weighted by molar-refractivity contribution is -0.120. The van der Waals surface area contributed by atoms with E-state index in [4.69, 9.17) is 4.74 Å². The quantitative estimate of drug-likeness (QED) is 0.454. The molecule has 4 nitrogen and oxygen atoms in total. The van der Waals surface area contributed by atoms with Crippen LogP contribution in [0.2, 0.25) is 0 Å². The van der Waals surface area contributed by atoms with Crippen molar-refractivity contribution in [2.24, 2.45) is 5.10 Å². The van der Waals surface area contributed by atoms with Crippen LogP contribution in [0.4, 0.5) is 0 Å². The summed E-state index contributed by atoms with van der Waals surface area (Å²) in [5, 5.41) is 3.99. The topological polar surface area (TPSA) is 50.7 Å². The Morgan fingerprint density at radius 1 is 1.16 bits per heavy atom. The van der Waals surface area contributed by atoms with E-state index in [0.717, 1.165) is 21.9 Å². The fraction of sp³-hybridized carbons (Fsp3) is 0.300. The minimum Gasteiger partial charge on any atom is -0.494 e. The summed E-state index contributed by atoms with van der Waals surface area (Å²) >= 11 is 1.52. The highest BCUT2D eigenvalue weighted by Crippen LogP contribution is 2.23. The normalized spacial score (nSPS) is 12.6. The Morgan fingerprint density at radius 2 is 1.80 bits per heavy atom. The van der Waals surface area contributed by atoms with Gasteiger partial charge in [-0.1, -0.05) is 17.7 Å². The van der Waals surface area contributed by atoms with Crippen molar-refractivity contribution < 1.29 is 9.53 Å². The van der Waals surface area contributed by atoms with Gasteiger partial charge in [-0.2, -0.15) is 5.10 Å². The molecule has 0 saturated carbocycles. The number of amides is 1. The monoisotopic (exact) mass is 356 g/mol. The average molecular weight is 356 g/mol. The lowest BCUT2D eigenvalue weighted by atomic mass is 10.1. The zero-order chi connectivity index (χ0) is 18.2. The van der Waals surface area contributed by atoms with Gasteiger partial charge in [0, 0.05) is 4.90 Å². The van der Waals surface area contributed by atoms with Crippen LogP contribution in [-0.2, 0) is 4.79 Å². The second-order valence-corrected chi connectivity index (χ2v) is 7.12. The number of nitrogens with one attached hydrogen (secondary N) is 1. The Hall–Kier alpha value is -2.27. The van der Waals surface area contributed by atoms with Gasteiger partial charge in [0.2, 0.25) is 0 Å². The smallest absolute Gasteiger partial charge is 0.253 e. The molecule has 0 heterocycles. The Morgan fingerprint density at radius 3 is 2.40 bits per heavy atom. The Kier molecular flexibility index (Phi) is 7.07. The van der Waals surface area contributed by atoms with E-state index >= 15 is 0 Å². The van der Waals surface area contributed by atoms with E-state index in [1.807, 2.05) is 76.2 Å². The van der Waals surface area contributed by atoms with Gasteiger partial charge in [0.15, 0.2) is 0 Å².